The number of anilines is 1. The summed E-state index contributed by atoms with van der Waals surface area (Å²) in [7, 11) is 0. The normalized spacial score (nSPS) is 10.6. The van der Waals surface area contributed by atoms with Crippen LogP contribution in [0, 0.1) is 6.92 Å². The summed E-state index contributed by atoms with van der Waals surface area (Å²) in [5.74, 6) is 0.999. The van der Waals surface area contributed by atoms with E-state index in [0.29, 0.717) is 24.6 Å². The molecule has 112 valence electrons. The van der Waals surface area contributed by atoms with Crippen LogP contribution < -0.4 is 5.32 Å². The van der Waals surface area contributed by atoms with Gasteiger partial charge in [-0.15, -0.1) is 10.2 Å². The molecule has 1 N–H and O–H groups in total. The van der Waals surface area contributed by atoms with Crippen LogP contribution in [0.5, 0.6) is 0 Å². The van der Waals surface area contributed by atoms with Crippen LogP contribution >= 0.6 is 0 Å². The Balaban J connectivity index is 2.02. The second-order valence-corrected chi connectivity index (χ2v) is 4.92. The van der Waals surface area contributed by atoms with E-state index in [-0.39, 0.29) is 5.91 Å². The highest BCUT2D eigenvalue weighted by atomic mass is 16.4. The molecule has 0 aliphatic rings. The standard InChI is InChI=1S/C16H21N3O2/c1-4-12-7-6-8-13(5-2)16(12)17-14(20)9-10-15-19-18-11(3)21-15/h6-8H,4-5,9-10H2,1-3H3,(H,17,20). The zero-order valence-corrected chi connectivity index (χ0v) is 12.8. The van der Waals surface area contributed by atoms with Crippen LogP contribution in [0.4, 0.5) is 5.69 Å². The van der Waals surface area contributed by atoms with E-state index in [1.165, 1.54) is 0 Å². The third-order valence-electron chi connectivity index (χ3n) is 3.40. The fourth-order valence-corrected chi connectivity index (χ4v) is 2.26. The molecule has 2 aromatic rings. The Labute approximate surface area is 124 Å². The van der Waals surface area contributed by atoms with E-state index in [1.54, 1.807) is 6.92 Å². The molecule has 0 unspecified atom stereocenters. The first-order valence-electron chi connectivity index (χ1n) is 7.33. The number of aryl methyl sites for hydroxylation is 4. The minimum absolute atomic E-state index is 0.0264. The number of para-hydroxylation sites is 1. The van der Waals surface area contributed by atoms with Crippen LogP contribution in [0.15, 0.2) is 22.6 Å². The van der Waals surface area contributed by atoms with Gasteiger partial charge in [0.25, 0.3) is 0 Å². The predicted octanol–water partition coefficient (Wildman–Crippen LogP) is 3.07. The average molecular weight is 287 g/mol. The molecule has 0 atom stereocenters. The Morgan fingerprint density at radius 2 is 1.86 bits per heavy atom. The van der Waals surface area contributed by atoms with Crippen LogP contribution in [0.25, 0.3) is 0 Å². The number of nitrogens with zero attached hydrogens (tertiary/aromatic N) is 2. The van der Waals surface area contributed by atoms with Crippen LogP contribution in [0.2, 0.25) is 0 Å². The highest BCUT2D eigenvalue weighted by Crippen LogP contribution is 2.22. The van der Waals surface area contributed by atoms with Gasteiger partial charge < -0.3 is 9.73 Å². The topological polar surface area (TPSA) is 68.0 Å². The molecule has 0 fully saturated rings. The largest absolute Gasteiger partial charge is 0.426 e. The molecule has 0 saturated carbocycles. The van der Waals surface area contributed by atoms with E-state index in [1.807, 2.05) is 6.07 Å². The van der Waals surface area contributed by atoms with Crippen molar-refractivity contribution in [3.05, 3.63) is 41.1 Å². The number of amides is 1. The summed E-state index contributed by atoms with van der Waals surface area (Å²) in [4.78, 5) is 12.1. The van der Waals surface area contributed by atoms with E-state index < -0.39 is 0 Å². The van der Waals surface area contributed by atoms with Crippen molar-refractivity contribution in [1.29, 1.82) is 0 Å². The van der Waals surface area contributed by atoms with E-state index in [4.69, 9.17) is 4.42 Å². The number of carbonyl (C=O) groups excluding carboxylic acids is 1. The van der Waals surface area contributed by atoms with E-state index in [2.05, 4.69) is 41.5 Å². The lowest BCUT2D eigenvalue weighted by molar-refractivity contribution is -0.116. The Kier molecular flexibility index (Phi) is 5.09. The Morgan fingerprint density at radius 1 is 1.19 bits per heavy atom. The molecule has 0 aliphatic carbocycles. The van der Waals surface area contributed by atoms with E-state index >= 15 is 0 Å². The first-order chi connectivity index (χ1) is 10.1. The van der Waals surface area contributed by atoms with Crippen molar-refractivity contribution in [2.24, 2.45) is 0 Å². The van der Waals surface area contributed by atoms with Crippen molar-refractivity contribution in [3.63, 3.8) is 0 Å². The zero-order valence-electron chi connectivity index (χ0n) is 12.8. The molecule has 0 saturated heterocycles. The number of carbonyl (C=O) groups is 1. The molecular weight excluding hydrogens is 266 g/mol. The molecule has 21 heavy (non-hydrogen) atoms. The van der Waals surface area contributed by atoms with Gasteiger partial charge in [0.15, 0.2) is 0 Å². The summed E-state index contributed by atoms with van der Waals surface area (Å²) in [6.45, 7) is 5.92. The molecule has 1 amide bonds. The highest BCUT2D eigenvalue weighted by Gasteiger charge is 2.11. The van der Waals surface area contributed by atoms with Gasteiger partial charge in [0.1, 0.15) is 0 Å². The van der Waals surface area contributed by atoms with Crippen LogP contribution in [-0.2, 0) is 24.1 Å². The van der Waals surface area contributed by atoms with Gasteiger partial charge in [0, 0.05) is 25.5 Å². The Bertz CT molecular complexity index is 597. The first-order valence-corrected chi connectivity index (χ1v) is 7.33. The first kappa shape index (κ1) is 15.2. The van der Waals surface area contributed by atoms with Crippen molar-refractivity contribution >= 4 is 11.6 Å². The Hall–Kier alpha value is -2.17. The molecule has 5 nitrogen and oxygen atoms in total. The summed E-state index contributed by atoms with van der Waals surface area (Å²) in [6.07, 6.45) is 2.59. The van der Waals surface area contributed by atoms with Gasteiger partial charge in [-0.1, -0.05) is 32.0 Å². The fraction of sp³-hybridized carbons (Fsp3) is 0.438. The third kappa shape index (κ3) is 3.90. The lowest BCUT2D eigenvalue weighted by atomic mass is 10.0. The molecule has 1 aromatic heterocycles. The summed E-state index contributed by atoms with van der Waals surface area (Å²) in [5.41, 5.74) is 3.28. The van der Waals surface area contributed by atoms with Crippen LogP contribution in [0.3, 0.4) is 0 Å². The van der Waals surface area contributed by atoms with Gasteiger partial charge in [-0.05, 0) is 24.0 Å². The van der Waals surface area contributed by atoms with E-state index in [9.17, 15) is 4.79 Å². The maximum Gasteiger partial charge on any atom is 0.224 e. The molecule has 0 radical (unpaired) electrons. The van der Waals surface area contributed by atoms with Gasteiger partial charge in [0.05, 0.1) is 0 Å². The third-order valence-corrected chi connectivity index (χ3v) is 3.40. The molecule has 1 heterocycles. The van der Waals surface area contributed by atoms with Crippen molar-refractivity contribution in [2.45, 2.75) is 46.5 Å². The maximum atomic E-state index is 12.1. The second-order valence-electron chi connectivity index (χ2n) is 4.92. The zero-order chi connectivity index (χ0) is 15.2. The number of hydrogen-bond donors (Lipinski definition) is 1. The molecule has 0 aliphatic heterocycles. The van der Waals surface area contributed by atoms with Crippen LogP contribution in [-0.4, -0.2) is 16.1 Å². The monoisotopic (exact) mass is 287 g/mol. The Morgan fingerprint density at radius 3 is 2.38 bits per heavy atom. The predicted molar refractivity (Wildman–Crippen MR) is 81.2 cm³/mol. The highest BCUT2D eigenvalue weighted by molar-refractivity contribution is 5.92. The lowest BCUT2D eigenvalue weighted by Gasteiger charge is -2.14. The van der Waals surface area contributed by atoms with Gasteiger partial charge in [-0.2, -0.15) is 0 Å². The molecular formula is C16H21N3O2. The minimum atomic E-state index is -0.0264. The number of hydrogen-bond acceptors (Lipinski definition) is 4. The summed E-state index contributed by atoms with van der Waals surface area (Å²) < 4.78 is 5.27. The molecule has 2 rings (SSSR count). The van der Waals surface area contributed by atoms with Gasteiger partial charge in [0.2, 0.25) is 17.7 Å². The number of rotatable bonds is 6. The van der Waals surface area contributed by atoms with Crippen LogP contribution in [0.1, 0.15) is 43.2 Å². The maximum absolute atomic E-state index is 12.1. The van der Waals surface area contributed by atoms with Crippen molar-refractivity contribution in [1.82, 2.24) is 10.2 Å². The van der Waals surface area contributed by atoms with Crippen molar-refractivity contribution in [3.8, 4) is 0 Å². The smallest absolute Gasteiger partial charge is 0.224 e. The number of benzene rings is 1. The summed E-state index contributed by atoms with van der Waals surface area (Å²) >= 11 is 0. The molecule has 0 spiro atoms. The van der Waals surface area contributed by atoms with Gasteiger partial charge in [-0.3, -0.25) is 4.79 Å². The molecule has 0 bridgehead atoms. The van der Waals surface area contributed by atoms with Gasteiger partial charge >= 0.3 is 0 Å². The molecule has 1 aromatic carbocycles. The second kappa shape index (κ2) is 7.02. The van der Waals surface area contributed by atoms with Crippen molar-refractivity contribution < 1.29 is 9.21 Å². The minimum Gasteiger partial charge on any atom is -0.426 e. The SMILES string of the molecule is CCc1cccc(CC)c1NC(=O)CCc1nnc(C)o1. The summed E-state index contributed by atoms with van der Waals surface area (Å²) in [6, 6.07) is 6.14. The fourth-order valence-electron chi connectivity index (χ4n) is 2.26. The van der Waals surface area contributed by atoms with E-state index in [0.717, 1.165) is 29.7 Å². The quantitative estimate of drug-likeness (QED) is 0.886. The van der Waals surface area contributed by atoms with Crippen molar-refractivity contribution in [2.75, 3.05) is 5.32 Å². The molecule has 5 heteroatoms. The number of aromatic nitrogens is 2. The lowest BCUT2D eigenvalue weighted by Crippen LogP contribution is -2.15. The number of nitrogens with one attached hydrogen (secondary N) is 1. The van der Waals surface area contributed by atoms with Gasteiger partial charge in [-0.25, -0.2) is 0 Å². The average Bonchev–Trinajstić information content (AvgIpc) is 2.91. The summed E-state index contributed by atoms with van der Waals surface area (Å²) in [5, 5.41) is 10.7.